The molecule has 8 heteroatoms. The molecule has 0 spiro atoms. The molecule has 5 rings (SSSR count). The van der Waals surface area contributed by atoms with Crippen molar-refractivity contribution in [3.63, 3.8) is 0 Å². The number of hydrogen-bond acceptors (Lipinski definition) is 6. The molecule has 3 atom stereocenters. The Bertz CT molecular complexity index is 1340. The highest BCUT2D eigenvalue weighted by molar-refractivity contribution is 7.99. The second kappa shape index (κ2) is 9.71. The summed E-state index contributed by atoms with van der Waals surface area (Å²) in [7, 11) is 0. The molecular weight excluding hydrogens is 478 g/mol. The highest BCUT2D eigenvalue weighted by Gasteiger charge is 2.28. The molecule has 1 amide bonds. The van der Waals surface area contributed by atoms with Gasteiger partial charge in [0.2, 0.25) is 5.91 Å². The lowest BCUT2D eigenvalue weighted by Gasteiger charge is -2.35. The van der Waals surface area contributed by atoms with Crippen LogP contribution in [0.15, 0.2) is 28.2 Å². The minimum Gasteiger partial charge on any atom is -0.372 e. The van der Waals surface area contributed by atoms with Crippen molar-refractivity contribution < 1.29 is 9.53 Å². The molecule has 3 heterocycles. The summed E-state index contributed by atoms with van der Waals surface area (Å²) in [4.78, 5) is 36.2. The van der Waals surface area contributed by atoms with E-state index in [-0.39, 0.29) is 29.4 Å². The van der Waals surface area contributed by atoms with Crippen LogP contribution in [0.1, 0.15) is 48.8 Å². The molecule has 2 aromatic heterocycles. The normalized spacial score (nSPS) is 22.4. The van der Waals surface area contributed by atoms with E-state index in [2.05, 4.69) is 13.0 Å². The first-order valence-electron chi connectivity index (χ1n) is 12.4. The third kappa shape index (κ3) is 4.80. The molecule has 186 valence electrons. The Hall–Kier alpha value is -2.16. The van der Waals surface area contributed by atoms with Crippen molar-refractivity contribution in [2.75, 3.05) is 18.8 Å². The smallest absolute Gasteiger partial charge is 0.267 e. The maximum Gasteiger partial charge on any atom is 0.267 e. The zero-order chi connectivity index (χ0) is 24.9. The van der Waals surface area contributed by atoms with Crippen LogP contribution >= 0.6 is 23.1 Å². The predicted octanol–water partition coefficient (Wildman–Crippen LogP) is 4.92. The van der Waals surface area contributed by atoms with Gasteiger partial charge >= 0.3 is 0 Å². The van der Waals surface area contributed by atoms with Crippen molar-refractivity contribution in [1.82, 2.24) is 14.5 Å². The second-order valence-electron chi connectivity index (χ2n) is 10.2. The highest BCUT2D eigenvalue weighted by atomic mass is 32.2. The first kappa shape index (κ1) is 24.5. The monoisotopic (exact) mass is 511 g/mol. The summed E-state index contributed by atoms with van der Waals surface area (Å²) in [5.74, 6) is 0.921. The lowest BCUT2D eigenvalue weighted by atomic mass is 9.89. The van der Waals surface area contributed by atoms with Crippen molar-refractivity contribution in [2.45, 2.75) is 71.2 Å². The fraction of sp³-hybridized carbons (Fsp3) is 0.519. The quantitative estimate of drug-likeness (QED) is 0.368. The number of fused-ring (bicyclic) bond motifs is 3. The maximum absolute atomic E-state index is 14.1. The second-order valence-corrected chi connectivity index (χ2v) is 12.2. The molecule has 1 fully saturated rings. The summed E-state index contributed by atoms with van der Waals surface area (Å²) in [5, 5.41) is 1.36. The average molecular weight is 512 g/mol. The van der Waals surface area contributed by atoms with E-state index >= 15 is 0 Å². The number of aryl methyl sites for hydroxylation is 3. The number of thiophene rings is 1. The van der Waals surface area contributed by atoms with E-state index in [0.29, 0.717) is 24.2 Å². The predicted molar refractivity (Wildman–Crippen MR) is 143 cm³/mol. The standard InChI is InChI=1S/C27H33N3O3S2/c1-15-6-8-17(3)21(10-15)30-26(32)24-20-9-7-16(2)11-22(20)35-25(24)28-27(30)34-14-23(31)29-12-18(4)33-19(5)13-29/h6,8,10,16,18-19H,7,9,11-14H2,1-5H3/t16-,18-,19+/m1/s1. The first-order valence-corrected chi connectivity index (χ1v) is 14.2. The fourth-order valence-electron chi connectivity index (χ4n) is 5.24. The summed E-state index contributed by atoms with van der Waals surface area (Å²) in [6.45, 7) is 11.5. The number of nitrogens with zero attached hydrogens (tertiary/aromatic N) is 3. The number of aromatic nitrogens is 2. The Morgan fingerprint density at radius 3 is 2.69 bits per heavy atom. The van der Waals surface area contributed by atoms with Gasteiger partial charge in [0, 0.05) is 18.0 Å². The summed E-state index contributed by atoms with van der Waals surface area (Å²) in [5.41, 5.74) is 4.11. The highest BCUT2D eigenvalue weighted by Crippen LogP contribution is 2.37. The van der Waals surface area contributed by atoms with Gasteiger partial charge < -0.3 is 9.64 Å². The summed E-state index contributed by atoms with van der Waals surface area (Å²) in [6, 6.07) is 6.14. The van der Waals surface area contributed by atoms with E-state index in [1.807, 2.05) is 44.7 Å². The molecule has 2 aliphatic rings. The molecule has 1 aliphatic heterocycles. The van der Waals surface area contributed by atoms with Crippen molar-refractivity contribution in [3.05, 3.63) is 50.1 Å². The van der Waals surface area contributed by atoms with Crippen LogP contribution in [-0.2, 0) is 22.4 Å². The van der Waals surface area contributed by atoms with Gasteiger partial charge in [0.1, 0.15) is 4.83 Å². The van der Waals surface area contributed by atoms with Gasteiger partial charge in [0.05, 0.1) is 29.0 Å². The number of morpholine rings is 1. The fourth-order valence-corrected chi connectivity index (χ4v) is 7.57. The molecule has 1 saturated heterocycles. The van der Waals surface area contributed by atoms with Crippen LogP contribution in [0.4, 0.5) is 0 Å². The third-order valence-electron chi connectivity index (χ3n) is 7.00. The first-order chi connectivity index (χ1) is 16.7. The van der Waals surface area contributed by atoms with Crippen LogP contribution in [0.25, 0.3) is 15.9 Å². The van der Waals surface area contributed by atoms with Crippen LogP contribution < -0.4 is 5.56 Å². The Morgan fingerprint density at radius 1 is 1.20 bits per heavy atom. The van der Waals surface area contributed by atoms with Gasteiger partial charge in [-0.1, -0.05) is 30.8 Å². The summed E-state index contributed by atoms with van der Waals surface area (Å²) >= 11 is 3.02. The minimum absolute atomic E-state index is 0.0145. The summed E-state index contributed by atoms with van der Waals surface area (Å²) in [6.07, 6.45) is 3.08. The number of amides is 1. The zero-order valence-electron chi connectivity index (χ0n) is 21.1. The Labute approximate surface area is 214 Å². The number of carbonyl (C=O) groups is 1. The van der Waals surface area contributed by atoms with E-state index in [1.54, 1.807) is 15.9 Å². The molecule has 0 saturated carbocycles. The Kier molecular flexibility index (Phi) is 6.81. The van der Waals surface area contributed by atoms with Crippen molar-refractivity contribution in [2.24, 2.45) is 5.92 Å². The molecule has 1 aliphatic carbocycles. The van der Waals surface area contributed by atoms with E-state index in [9.17, 15) is 9.59 Å². The van der Waals surface area contributed by atoms with Gasteiger partial charge in [-0.25, -0.2) is 4.98 Å². The molecule has 6 nitrogen and oxygen atoms in total. The van der Waals surface area contributed by atoms with Gasteiger partial charge in [-0.2, -0.15) is 0 Å². The number of ether oxygens (including phenoxy) is 1. The van der Waals surface area contributed by atoms with Gasteiger partial charge in [0.25, 0.3) is 5.56 Å². The van der Waals surface area contributed by atoms with E-state index in [4.69, 9.17) is 9.72 Å². The Morgan fingerprint density at radius 2 is 1.94 bits per heavy atom. The van der Waals surface area contributed by atoms with Crippen LogP contribution in [0, 0.1) is 19.8 Å². The van der Waals surface area contributed by atoms with Crippen molar-refractivity contribution in [1.29, 1.82) is 0 Å². The molecule has 35 heavy (non-hydrogen) atoms. The molecule has 3 aromatic rings. The lowest BCUT2D eigenvalue weighted by Crippen LogP contribution is -2.48. The number of hydrogen-bond donors (Lipinski definition) is 0. The van der Waals surface area contributed by atoms with Crippen LogP contribution in [0.5, 0.6) is 0 Å². The van der Waals surface area contributed by atoms with Crippen molar-refractivity contribution in [3.8, 4) is 5.69 Å². The molecule has 0 N–H and O–H groups in total. The van der Waals surface area contributed by atoms with Gasteiger partial charge in [-0.15, -0.1) is 11.3 Å². The number of thioether (sulfide) groups is 1. The van der Waals surface area contributed by atoms with Gasteiger partial charge in [-0.05, 0) is 75.6 Å². The molecule has 0 unspecified atom stereocenters. The largest absolute Gasteiger partial charge is 0.372 e. The number of carbonyl (C=O) groups excluding carboxylic acids is 1. The van der Waals surface area contributed by atoms with Crippen LogP contribution in [-0.4, -0.2) is 51.4 Å². The van der Waals surface area contributed by atoms with E-state index in [1.165, 1.54) is 22.2 Å². The van der Waals surface area contributed by atoms with E-state index < -0.39 is 0 Å². The van der Waals surface area contributed by atoms with Crippen LogP contribution in [0.3, 0.4) is 0 Å². The van der Waals surface area contributed by atoms with Gasteiger partial charge in [0.15, 0.2) is 5.16 Å². The zero-order valence-corrected chi connectivity index (χ0v) is 22.7. The molecule has 1 aromatic carbocycles. The molecule has 0 bridgehead atoms. The van der Waals surface area contributed by atoms with Gasteiger partial charge in [-0.3, -0.25) is 14.2 Å². The van der Waals surface area contributed by atoms with Crippen molar-refractivity contribution >= 4 is 39.2 Å². The minimum atomic E-state index is -0.0145. The molecule has 0 radical (unpaired) electrons. The number of benzene rings is 1. The SMILES string of the molecule is Cc1ccc(C)c(-n2c(SCC(=O)N3C[C@@H](C)O[C@@H](C)C3)nc3sc4c(c3c2=O)CC[C@@H](C)C4)c1. The maximum atomic E-state index is 14.1. The lowest BCUT2D eigenvalue weighted by molar-refractivity contribution is -0.140. The third-order valence-corrected chi connectivity index (χ3v) is 9.07. The topological polar surface area (TPSA) is 64.4 Å². The Balaban J connectivity index is 1.57. The number of rotatable bonds is 4. The van der Waals surface area contributed by atoms with Crippen LogP contribution in [0.2, 0.25) is 0 Å². The molecular formula is C27H33N3O3S2. The van der Waals surface area contributed by atoms with E-state index in [0.717, 1.165) is 46.3 Å². The average Bonchev–Trinajstić information content (AvgIpc) is 3.16. The summed E-state index contributed by atoms with van der Waals surface area (Å²) < 4.78 is 7.53.